The second-order valence-corrected chi connectivity index (χ2v) is 6.62. The normalized spacial score (nSPS) is 13.8. The molecule has 1 aliphatic rings. The van der Waals surface area contributed by atoms with Crippen molar-refractivity contribution >= 4 is 22.5 Å². The summed E-state index contributed by atoms with van der Waals surface area (Å²) in [7, 11) is 0. The highest BCUT2D eigenvalue weighted by Gasteiger charge is 2.31. The van der Waals surface area contributed by atoms with Crippen LogP contribution in [0.3, 0.4) is 0 Å². The smallest absolute Gasteiger partial charge is 0.278 e. The molecule has 0 N–H and O–H groups in total. The maximum atomic E-state index is 13.1. The van der Waals surface area contributed by atoms with Crippen LogP contribution in [0.15, 0.2) is 66.9 Å². The number of aromatic nitrogens is 4. The molecule has 1 aliphatic heterocycles. The summed E-state index contributed by atoms with van der Waals surface area (Å²) in [5.74, 6) is -0.0464. The van der Waals surface area contributed by atoms with Gasteiger partial charge in [0.2, 0.25) is 0 Å². The predicted molar refractivity (Wildman–Crippen MR) is 103 cm³/mol. The van der Waals surface area contributed by atoms with Crippen molar-refractivity contribution in [3.05, 3.63) is 83.8 Å². The van der Waals surface area contributed by atoms with Crippen LogP contribution >= 0.6 is 0 Å². The number of para-hydroxylation sites is 1. The van der Waals surface area contributed by atoms with Gasteiger partial charge in [0.1, 0.15) is 0 Å². The Morgan fingerprint density at radius 1 is 1.00 bits per heavy atom. The van der Waals surface area contributed by atoms with Crippen LogP contribution in [0.5, 0.6) is 0 Å². The summed E-state index contributed by atoms with van der Waals surface area (Å²) in [6, 6.07) is 19.8. The van der Waals surface area contributed by atoms with Crippen molar-refractivity contribution in [2.45, 2.75) is 13.0 Å². The lowest BCUT2D eigenvalue weighted by atomic mass is 10.1. The highest BCUT2D eigenvalue weighted by Crippen LogP contribution is 2.24. The molecule has 132 valence electrons. The molecule has 0 radical (unpaired) electrons. The average molecular weight is 355 g/mol. The van der Waals surface area contributed by atoms with Crippen molar-refractivity contribution in [2.24, 2.45) is 0 Å². The number of hydrogen-bond donors (Lipinski definition) is 0. The third-order valence-corrected chi connectivity index (χ3v) is 4.89. The van der Waals surface area contributed by atoms with E-state index in [2.05, 4.69) is 21.4 Å². The minimum absolute atomic E-state index is 0.0464. The second-order valence-electron chi connectivity index (χ2n) is 6.62. The van der Waals surface area contributed by atoms with Gasteiger partial charge >= 0.3 is 0 Å². The van der Waals surface area contributed by atoms with E-state index in [0.717, 1.165) is 27.8 Å². The Hall–Kier alpha value is -3.54. The van der Waals surface area contributed by atoms with Gasteiger partial charge in [-0.25, -0.2) is 4.68 Å². The molecule has 0 spiro atoms. The largest absolute Gasteiger partial charge is 0.307 e. The molecule has 0 saturated carbocycles. The number of nitrogens with zero attached hydrogens (tertiary/aromatic N) is 5. The van der Waals surface area contributed by atoms with Crippen LogP contribution in [-0.2, 0) is 13.0 Å². The molecule has 6 heteroatoms. The average Bonchev–Trinajstić information content (AvgIpc) is 3.12. The molecule has 0 atom stereocenters. The number of pyridine rings is 1. The molecule has 5 rings (SSSR count). The van der Waals surface area contributed by atoms with Crippen LogP contribution in [0.2, 0.25) is 0 Å². The first-order chi connectivity index (χ1) is 13.3. The second kappa shape index (κ2) is 6.32. The lowest BCUT2D eigenvalue weighted by Gasteiger charge is -2.26. The van der Waals surface area contributed by atoms with Crippen LogP contribution in [0.4, 0.5) is 5.69 Å². The molecule has 6 nitrogen and oxygen atoms in total. The first kappa shape index (κ1) is 15.7. The van der Waals surface area contributed by atoms with Crippen LogP contribution < -0.4 is 4.90 Å². The quantitative estimate of drug-likeness (QED) is 0.566. The monoisotopic (exact) mass is 355 g/mol. The molecule has 0 bridgehead atoms. The summed E-state index contributed by atoms with van der Waals surface area (Å²) in [6.45, 7) is 1.12. The number of rotatable bonds is 3. The number of benzene rings is 2. The minimum atomic E-state index is -0.0464. The van der Waals surface area contributed by atoms with E-state index < -0.39 is 0 Å². The van der Waals surface area contributed by atoms with Crippen LogP contribution in [-0.4, -0.2) is 32.4 Å². The number of carbonyl (C=O) groups is 1. The number of anilines is 1. The van der Waals surface area contributed by atoms with E-state index in [0.29, 0.717) is 25.2 Å². The lowest BCUT2D eigenvalue weighted by Crippen LogP contribution is -2.39. The topological polar surface area (TPSA) is 63.9 Å². The van der Waals surface area contributed by atoms with Gasteiger partial charge in [-0.05, 0) is 35.9 Å². The highest BCUT2D eigenvalue weighted by atomic mass is 16.2. The number of amides is 1. The highest BCUT2D eigenvalue weighted by molar-refractivity contribution is 6.06. The van der Waals surface area contributed by atoms with Gasteiger partial charge in [-0.2, -0.15) is 0 Å². The van der Waals surface area contributed by atoms with Crippen LogP contribution in [0.25, 0.3) is 10.9 Å². The van der Waals surface area contributed by atoms with Crippen molar-refractivity contribution in [3.8, 4) is 0 Å². The van der Waals surface area contributed by atoms with Gasteiger partial charge in [-0.3, -0.25) is 9.78 Å². The van der Waals surface area contributed by atoms with Crippen molar-refractivity contribution < 1.29 is 4.79 Å². The molecule has 2 aromatic carbocycles. The van der Waals surface area contributed by atoms with E-state index in [-0.39, 0.29) is 5.91 Å². The molecule has 1 amide bonds. The zero-order chi connectivity index (χ0) is 18.2. The number of carbonyl (C=O) groups excluding carboxylic acids is 1. The fourth-order valence-electron chi connectivity index (χ4n) is 3.56. The van der Waals surface area contributed by atoms with E-state index in [4.69, 9.17) is 0 Å². The Bertz CT molecular complexity index is 1140. The standard InChI is InChI=1S/C21H17N5O/c27-21-20-19(10-12-25(21)17-6-2-1-3-7-17)23-24-26(20)14-15-8-9-18-16(13-15)5-4-11-22-18/h1-9,11,13H,10,12,14H2. The van der Waals surface area contributed by atoms with Gasteiger partial charge < -0.3 is 4.90 Å². The Labute approximate surface area is 156 Å². The van der Waals surface area contributed by atoms with Crippen LogP contribution in [0, 0.1) is 0 Å². The Morgan fingerprint density at radius 2 is 1.89 bits per heavy atom. The summed E-state index contributed by atoms with van der Waals surface area (Å²) in [5, 5.41) is 9.57. The fraction of sp³-hybridized carbons (Fsp3) is 0.143. The molecule has 0 saturated heterocycles. The Morgan fingerprint density at radius 3 is 2.78 bits per heavy atom. The molecule has 4 aromatic rings. The molecule has 3 heterocycles. The summed E-state index contributed by atoms with van der Waals surface area (Å²) in [4.78, 5) is 19.3. The van der Waals surface area contributed by atoms with E-state index >= 15 is 0 Å². The van der Waals surface area contributed by atoms with Gasteiger partial charge in [0.15, 0.2) is 5.69 Å². The fourth-order valence-corrected chi connectivity index (χ4v) is 3.56. The maximum absolute atomic E-state index is 13.1. The molecule has 0 aliphatic carbocycles. The first-order valence-corrected chi connectivity index (χ1v) is 8.92. The zero-order valence-electron chi connectivity index (χ0n) is 14.6. The number of fused-ring (bicyclic) bond motifs is 2. The van der Waals surface area contributed by atoms with E-state index in [1.54, 1.807) is 15.8 Å². The van der Waals surface area contributed by atoms with E-state index in [9.17, 15) is 4.79 Å². The third-order valence-electron chi connectivity index (χ3n) is 4.89. The molecule has 0 unspecified atom stereocenters. The SMILES string of the molecule is O=C1c2c(nnn2Cc2ccc3ncccc3c2)CCN1c1ccccc1. The van der Waals surface area contributed by atoms with Crippen LogP contribution in [0.1, 0.15) is 21.7 Å². The summed E-state index contributed by atoms with van der Waals surface area (Å²) in [5.41, 5.74) is 4.27. The Balaban J connectivity index is 1.49. The molecule has 0 fully saturated rings. The number of hydrogen-bond acceptors (Lipinski definition) is 4. The lowest BCUT2D eigenvalue weighted by molar-refractivity contribution is 0.0970. The summed E-state index contributed by atoms with van der Waals surface area (Å²) in [6.07, 6.45) is 2.49. The molecule has 27 heavy (non-hydrogen) atoms. The first-order valence-electron chi connectivity index (χ1n) is 8.92. The van der Waals surface area contributed by atoms with Crippen molar-refractivity contribution in [2.75, 3.05) is 11.4 Å². The minimum Gasteiger partial charge on any atom is -0.307 e. The van der Waals surface area contributed by atoms with Crippen molar-refractivity contribution in [1.29, 1.82) is 0 Å². The van der Waals surface area contributed by atoms with Gasteiger partial charge in [0.05, 0.1) is 17.8 Å². The third kappa shape index (κ3) is 2.75. The molecular weight excluding hydrogens is 338 g/mol. The van der Waals surface area contributed by atoms with Gasteiger partial charge in [0, 0.05) is 30.2 Å². The van der Waals surface area contributed by atoms with E-state index in [1.165, 1.54) is 0 Å². The van der Waals surface area contributed by atoms with Gasteiger partial charge in [-0.1, -0.05) is 35.5 Å². The predicted octanol–water partition coefficient (Wildman–Crippen LogP) is 3.08. The summed E-state index contributed by atoms with van der Waals surface area (Å²) >= 11 is 0. The van der Waals surface area contributed by atoms with Gasteiger partial charge in [0.25, 0.3) is 5.91 Å². The summed E-state index contributed by atoms with van der Waals surface area (Å²) < 4.78 is 1.71. The Kier molecular flexibility index (Phi) is 3.67. The zero-order valence-corrected chi connectivity index (χ0v) is 14.6. The molecule has 2 aromatic heterocycles. The maximum Gasteiger partial charge on any atom is 0.278 e. The van der Waals surface area contributed by atoms with Gasteiger partial charge in [-0.15, -0.1) is 5.10 Å². The van der Waals surface area contributed by atoms with Crippen molar-refractivity contribution in [1.82, 2.24) is 20.0 Å². The van der Waals surface area contributed by atoms with E-state index in [1.807, 2.05) is 54.6 Å². The molecular formula is C21H17N5O. The van der Waals surface area contributed by atoms with Crippen molar-refractivity contribution in [3.63, 3.8) is 0 Å².